The molecule has 1 heterocycles. The second-order valence-electron chi connectivity index (χ2n) is 4.28. The molecule has 0 amide bonds. The Bertz CT molecular complexity index is 640. The zero-order valence-electron chi connectivity index (χ0n) is 11.5. The third-order valence-corrected chi connectivity index (χ3v) is 4.48. The van der Waals surface area contributed by atoms with Gasteiger partial charge in [0.1, 0.15) is 10.6 Å². The summed E-state index contributed by atoms with van der Waals surface area (Å²) in [6, 6.07) is 5.94. The summed E-state index contributed by atoms with van der Waals surface area (Å²) in [5.74, 6) is -0.340. The molecular formula is C14H15BrN2O2S. The minimum absolute atomic E-state index is 0.340. The molecule has 0 aliphatic carbocycles. The zero-order chi connectivity index (χ0) is 14.7. The molecule has 0 bridgehead atoms. The molecule has 20 heavy (non-hydrogen) atoms. The van der Waals surface area contributed by atoms with Gasteiger partial charge in [0.05, 0.1) is 12.3 Å². The Labute approximate surface area is 130 Å². The number of rotatable bonds is 4. The quantitative estimate of drug-likeness (QED) is 0.824. The Balaban J connectivity index is 2.29. The molecule has 0 aliphatic rings. The Hall–Kier alpha value is -1.40. The van der Waals surface area contributed by atoms with Crippen LogP contribution in [0.15, 0.2) is 22.7 Å². The first-order valence-electron chi connectivity index (χ1n) is 6.19. The Morgan fingerprint density at radius 3 is 2.85 bits per heavy atom. The van der Waals surface area contributed by atoms with E-state index < -0.39 is 0 Å². The molecule has 0 saturated carbocycles. The monoisotopic (exact) mass is 354 g/mol. The number of aryl methyl sites for hydroxylation is 2. The van der Waals surface area contributed by atoms with Gasteiger partial charge in [0, 0.05) is 10.2 Å². The number of halogens is 1. The van der Waals surface area contributed by atoms with Gasteiger partial charge in [0.25, 0.3) is 0 Å². The molecule has 2 rings (SSSR count). The summed E-state index contributed by atoms with van der Waals surface area (Å²) in [7, 11) is 0. The van der Waals surface area contributed by atoms with Gasteiger partial charge in [-0.15, -0.1) is 0 Å². The first-order chi connectivity index (χ1) is 9.52. The number of esters is 1. The molecule has 6 heteroatoms. The highest BCUT2D eigenvalue weighted by Crippen LogP contribution is 2.30. The summed E-state index contributed by atoms with van der Waals surface area (Å²) in [5.41, 5.74) is 3.24. The SMILES string of the molecule is CCOC(=O)c1c(C)nsc1Nc1ccc(C)c(Br)c1. The third kappa shape index (κ3) is 3.19. The standard InChI is InChI=1S/C14H15BrN2O2S/c1-4-19-14(18)12-9(3)17-20-13(12)16-10-6-5-8(2)11(15)7-10/h5-7,16H,4H2,1-3H3. The third-order valence-electron chi connectivity index (χ3n) is 2.77. The Kier molecular flexibility index (Phi) is 4.77. The number of anilines is 2. The van der Waals surface area contributed by atoms with E-state index in [-0.39, 0.29) is 5.97 Å². The molecule has 0 radical (unpaired) electrons. The van der Waals surface area contributed by atoms with Gasteiger partial charge in [0.15, 0.2) is 0 Å². The predicted octanol–water partition coefficient (Wildman–Crippen LogP) is 4.44. The van der Waals surface area contributed by atoms with Crippen molar-refractivity contribution in [2.24, 2.45) is 0 Å². The van der Waals surface area contributed by atoms with Crippen molar-refractivity contribution in [3.8, 4) is 0 Å². The van der Waals surface area contributed by atoms with Crippen LogP contribution in [0.5, 0.6) is 0 Å². The van der Waals surface area contributed by atoms with Gasteiger partial charge in [-0.1, -0.05) is 22.0 Å². The van der Waals surface area contributed by atoms with Gasteiger partial charge < -0.3 is 10.1 Å². The summed E-state index contributed by atoms with van der Waals surface area (Å²) < 4.78 is 10.3. The van der Waals surface area contributed by atoms with Gasteiger partial charge in [0.2, 0.25) is 0 Å². The fourth-order valence-electron chi connectivity index (χ4n) is 1.70. The van der Waals surface area contributed by atoms with Crippen LogP contribution in [0.4, 0.5) is 10.7 Å². The molecule has 0 spiro atoms. The Morgan fingerprint density at radius 2 is 2.20 bits per heavy atom. The van der Waals surface area contributed by atoms with E-state index in [0.717, 1.165) is 15.7 Å². The molecule has 0 atom stereocenters. The maximum atomic E-state index is 12.0. The van der Waals surface area contributed by atoms with E-state index >= 15 is 0 Å². The first-order valence-corrected chi connectivity index (χ1v) is 7.76. The molecule has 2 aromatic rings. The van der Waals surface area contributed by atoms with Gasteiger partial charge >= 0.3 is 5.97 Å². The second-order valence-corrected chi connectivity index (χ2v) is 5.91. The van der Waals surface area contributed by atoms with Crippen molar-refractivity contribution in [2.75, 3.05) is 11.9 Å². The normalized spacial score (nSPS) is 10.4. The number of carbonyl (C=O) groups excluding carboxylic acids is 1. The lowest BCUT2D eigenvalue weighted by molar-refractivity contribution is 0.0527. The van der Waals surface area contributed by atoms with E-state index in [4.69, 9.17) is 4.74 Å². The Morgan fingerprint density at radius 1 is 1.45 bits per heavy atom. The van der Waals surface area contributed by atoms with Crippen molar-refractivity contribution in [3.63, 3.8) is 0 Å². The molecule has 0 fully saturated rings. The number of nitrogens with one attached hydrogen (secondary N) is 1. The van der Waals surface area contributed by atoms with Crippen molar-refractivity contribution in [1.82, 2.24) is 4.37 Å². The minimum Gasteiger partial charge on any atom is -0.462 e. The average Bonchev–Trinajstić information content (AvgIpc) is 2.75. The largest absolute Gasteiger partial charge is 0.462 e. The molecule has 4 nitrogen and oxygen atoms in total. The predicted molar refractivity (Wildman–Crippen MR) is 85.0 cm³/mol. The van der Waals surface area contributed by atoms with E-state index in [2.05, 4.69) is 25.6 Å². The fraction of sp³-hybridized carbons (Fsp3) is 0.286. The zero-order valence-corrected chi connectivity index (χ0v) is 13.9. The van der Waals surface area contributed by atoms with Crippen molar-refractivity contribution >= 4 is 44.1 Å². The maximum absolute atomic E-state index is 12.0. The van der Waals surface area contributed by atoms with Gasteiger partial charge in [-0.05, 0) is 50.0 Å². The molecule has 1 aromatic carbocycles. The molecule has 1 aromatic heterocycles. The van der Waals surface area contributed by atoms with E-state index in [1.54, 1.807) is 13.8 Å². The van der Waals surface area contributed by atoms with Crippen LogP contribution in [0.3, 0.4) is 0 Å². The summed E-state index contributed by atoms with van der Waals surface area (Å²) >= 11 is 4.75. The highest BCUT2D eigenvalue weighted by atomic mass is 79.9. The number of benzene rings is 1. The number of hydrogen-bond donors (Lipinski definition) is 1. The lowest BCUT2D eigenvalue weighted by Crippen LogP contribution is -2.07. The molecule has 0 saturated heterocycles. The van der Waals surface area contributed by atoms with Crippen LogP contribution in [0.25, 0.3) is 0 Å². The summed E-state index contributed by atoms with van der Waals surface area (Å²) in [4.78, 5) is 12.0. The molecule has 0 unspecified atom stereocenters. The lowest BCUT2D eigenvalue weighted by Gasteiger charge is -2.08. The second kappa shape index (κ2) is 6.37. The van der Waals surface area contributed by atoms with Crippen LogP contribution in [-0.2, 0) is 4.74 Å². The smallest absolute Gasteiger partial charge is 0.343 e. The van der Waals surface area contributed by atoms with Crippen LogP contribution in [0.1, 0.15) is 28.5 Å². The number of hydrogen-bond acceptors (Lipinski definition) is 5. The fourth-order valence-corrected chi connectivity index (χ4v) is 2.88. The van der Waals surface area contributed by atoms with Crippen molar-refractivity contribution < 1.29 is 9.53 Å². The number of aromatic nitrogens is 1. The number of carbonyl (C=O) groups is 1. The van der Waals surface area contributed by atoms with E-state index in [1.165, 1.54) is 11.5 Å². The molecule has 106 valence electrons. The minimum atomic E-state index is -0.340. The van der Waals surface area contributed by atoms with Crippen LogP contribution in [-0.4, -0.2) is 16.9 Å². The number of ether oxygens (including phenoxy) is 1. The van der Waals surface area contributed by atoms with Crippen LogP contribution >= 0.6 is 27.5 Å². The first kappa shape index (κ1) is 15.0. The van der Waals surface area contributed by atoms with E-state index in [1.807, 2.05) is 25.1 Å². The maximum Gasteiger partial charge on any atom is 0.343 e. The summed E-state index contributed by atoms with van der Waals surface area (Å²) in [5, 5.41) is 3.93. The molecule has 1 N–H and O–H groups in total. The summed E-state index contributed by atoms with van der Waals surface area (Å²) in [6.45, 7) is 5.97. The topological polar surface area (TPSA) is 51.2 Å². The summed E-state index contributed by atoms with van der Waals surface area (Å²) in [6.07, 6.45) is 0. The average molecular weight is 355 g/mol. The van der Waals surface area contributed by atoms with Crippen molar-refractivity contribution in [1.29, 1.82) is 0 Å². The highest BCUT2D eigenvalue weighted by molar-refractivity contribution is 9.10. The van der Waals surface area contributed by atoms with Gasteiger partial charge in [-0.3, -0.25) is 0 Å². The van der Waals surface area contributed by atoms with Crippen LogP contribution in [0, 0.1) is 13.8 Å². The molecule has 0 aliphatic heterocycles. The van der Waals surface area contributed by atoms with Crippen LogP contribution in [0.2, 0.25) is 0 Å². The highest BCUT2D eigenvalue weighted by Gasteiger charge is 2.19. The lowest BCUT2D eigenvalue weighted by atomic mass is 10.2. The van der Waals surface area contributed by atoms with Gasteiger partial charge in [-0.2, -0.15) is 4.37 Å². The van der Waals surface area contributed by atoms with Crippen LogP contribution < -0.4 is 5.32 Å². The van der Waals surface area contributed by atoms with E-state index in [0.29, 0.717) is 22.9 Å². The number of nitrogens with zero attached hydrogens (tertiary/aromatic N) is 1. The van der Waals surface area contributed by atoms with E-state index in [9.17, 15) is 4.79 Å². The van der Waals surface area contributed by atoms with Crippen molar-refractivity contribution in [3.05, 3.63) is 39.5 Å². The molecular weight excluding hydrogens is 340 g/mol. The van der Waals surface area contributed by atoms with Crippen molar-refractivity contribution in [2.45, 2.75) is 20.8 Å². The van der Waals surface area contributed by atoms with Gasteiger partial charge in [-0.25, -0.2) is 4.79 Å².